The van der Waals surface area contributed by atoms with Crippen molar-refractivity contribution in [1.82, 2.24) is 10.6 Å². The van der Waals surface area contributed by atoms with Crippen LogP contribution < -0.4 is 16.4 Å². The SMILES string of the molecule is CCCC(C)(N)C(=O)NCCC(=O)NC. The molecular weight excluding hydrogens is 194 g/mol. The second-order valence-corrected chi connectivity index (χ2v) is 3.85. The topological polar surface area (TPSA) is 84.2 Å². The van der Waals surface area contributed by atoms with Crippen LogP contribution in [-0.2, 0) is 9.59 Å². The van der Waals surface area contributed by atoms with E-state index in [1.54, 1.807) is 14.0 Å². The number of hydrogen-bond acceptors (Lipinski definition) is 3. The first-order chi connectivity index (χ1) is 6.94. The molecule has 0 fully saturated rings. The Labute approximate surface area is 90.8 Å². The quantitative estimate of drug-likeness (QED) is 0.571. The third-order valence-electron chi connectivity index (χ3n) is 2.20. The monoisotopic (exact) mass is 215 g/mol. The lowest BCUT2D eigenvalue weighted by molar-refractivity contribution is -0.126. The summed E-state index contributed by atoms with van der Waals surface area (Å²) in [5.74, 6) is -0.294. The molecule has 0 radical (unpaired) electrons. The molecule has 0 rings (SSSR count). The second kappa shape index (κ2) is 6.40. The summed E-state index contributed by atoms with van der Waals surface area (Å²) in [7, 11) is 1.56. The van der Waals surface area contributed by atoms with E-state index in [1.807, 2.05) is 6.92 Å². The molecule has 0 aliphatic heterocycles. The fourth-order valence-electron chi connectivity index (χ4n) is 1.25. The molecule has 0 aliphatic rings. The van der Waals surface area contributed by atoms with Crippen molar-refractivity contribution in [3.8, 4) is 0 Å². The molecule has 4 N–H and O–H groups in total. The van der Waals surface area contributed by atoms with E-state index in [-0.39, 0.29) is 18.2 Å². The summed E-state index contributed by atoms with van der Waals surface area (Å²) in [4.78, 5) is 22.4. The number of amides is 2. The molecule has 2 amide bonds. The van der Waals surface area contributed by atoms with Gasteiger partial charge in [-0.25, -0.2) is 0 Å². The Morgan fingerprint density at radius 1 is 1.40 bits per heavy atom. The van der Waals surface area contributed by atoms with Gasteiger partial charge in [-0.2, -0.15) is 0 Å². The van der Waals surface area contributed by atoms with Crippen molar-refractivity contribution in [2.45, 2.75) is 38.6 Å². The lowest BCUT2D eigenvalue weighted by Gasteiger charge is -2.22. The van der Waals surface area contributed by atoms with Gasteiger partial charge in [0.2, 0.25) is 11.8 Å². The van der Waals surface area contributed by atoms with Gasteiger partial charge in [0.25, 0.3) is 0 Å². The molecule has 88 valence electrons. The van der Waals surface area contributed by atoms with Crippen molar-refractivity contribution in [1.29, 1.82) is 0 Å². The van der Waals surface area contributed by atoms with Crippen LogP contribution in [0, 0.1) is 0 Å². The third kappa shape index (κ3) is 5.37. The summed E-state index contributed by atoms with van der Waals surface area (Å²) >= 11 is 0. The Hall–Kier alpha value is -1.10. The van der Waals surface area contributed by atoms with E-state index < -0.39 is 5.54 Å². The molecule has 5 heteroatoms. The average Bonchev–Trinajstić information content (AvgIpc) is 2.17. The maximum Gasteiger partial charge on any atom is 0.239 e. The number of carbonyl (C=O) groups is 2. The van der Waals surface area contributed by atoms with Crippen LogP contribution in [0.4, 0.5) is 0 Å². The summed E-state index contributed by atoms with van der Waals surface area (Å²) < 4.78 is 0. The van der Waals surface area contributed by atoms with Gasteiger partial charge in [0.1, 0.15) is 0 Å². The minimum Gasteiger partial charge on any atom is -0.359 e. The molecule has 0 spiro atoms. The number of rotatable bonds is 6. The number of nitrogens with two attached hydrogens (primary N) is 1. The van der Waals surface area contributed by atoms with E-state index in [0.717, 1.165) is 6.42 Å². The number of nitrogens with one attached hydrogen (secondary N) is 2. The van der Waals surface area contributed by atoms with Crippen molar-refractivity contribution in [2.75, 3.05) is 13.6 Å². The van der Waals surface area contributed by atoms with Gasteiger partial charge < -0.3 is 16.4 Å². The Bertz CT molecular complexity index is 227. The van der Waals surface area contributed by atoms with E-state index in [9.17, 15) is 9.59 Å². The van der Waals surface area contributed by atoms with Crippen molar-refractivity contribution < 1.29 is 9.59 Å². The van der Waals surface area contributed by atoms with Gasteiger partial charge in [-0.1, -0.05) is 13.3 Å². The fraction of sp³-hybridized carbons (Fsp3) is 0.800. The summed E-state index contributed by atoms with van der Waals surface area (Å²) in [6.45, 7) is 4.00. The van der Waals surface area contributed by atoms with Crippen molar-refractivity contribution in [3.63, 3.8) is 0 Å². The predicted molar refractivity (Wildman–Crippen MR) is 59.2 cm³/mol. The van der Waals surface area contributed by atoms with E-state index in [2.05, 4.69) is 10.6 Å². The first-order valence-corrected chi connectivity index (χ1v) is 5.21. The predicted octanol–water partition coefficient (Wildman–Crippen LogP) is -0.244. The molecule has 0 saturated carbocycles. The molecule has 0 aromatic heterocycles. The molecule has 1 unspecified atom stereocenters. The molecule has 5 nitrogen and oxygen atoms in total. The van der Waals surface area contributed by atoms with Crippen LogP contribution in [0.15, 0.2) is 0 Å². The van der Waals surface area contributed by atoms with Gasteiger partial charge in [-0.3, -0.25) is 9.59 Å². The minimum absolute atomic E-state index is 0.0930. The normalized spacial score (nSPS) is 14.1. The summed E-state index contributed by atoms with van der Waals surface area (Å²) in [5, 5.41) is 5.13. The van der Waals surface area contributed by atoms with Crippen LogP contribution in [0.1, 0.15) is 33.1 Å². The van der Waals surface area contributed by atoms with Crippen LogP contribution in [0.25, 0.3) is 0 Å². The van der Waals surface area contributed by atoms with Gasteiger partial charge >= 0.3 is 0 Å². The van der Waals surface area contributed by atoms with Crippen molar-refractivity contribution in [2.24, 2.45) is 5.73 Å². The second-order valence-electron chi connectivity index (χ2n) is 3.85. The van der Waals surface area contributed by atoms with E-state index in [0.29, 0.717) is 13.0 Å². The van der Waals surface area contributed by atoms with Crippen LogP contribution in [0.2, 0.25) is 0 Å². The maximum atomic E-state index is 11.6. The highest BCUT2D eigenvalue weighted by Gasteiger charge is 2.26. The number of carbonyl (C=O) groups excluding carboxylic acids is 2. The van der Waals surface area contributed by atoms with E-state index in [4.69, 9.17) is 5.73 Å². The Kier molecular flexibility index (Phi) is 5.93. The molecule has 0 aromatic rings. The van der Waals surface area contributed by atoms with Crippen LogP contribution >= 0.6 is 0 Å². The van der Waals surface area contributed by atoms with Crippen molar-refractivity contribution >= 4 is 11.8 Å². The molecule has 0 heterocycles. The molecule has 0 aromatic carbocycles. The highest BCUT2D eigenvalue weighted by molar-refractivity contribution is 5.86. The summed E-state index contributed by atoms with van der Waals surface area (Å²) in [6, 6.07) is 0. The smallest absolute Gasteiger partial charge is 0.239 e. The standard InChI is InChI=1S/C10H21N3O2/c1-4-6-10(2,11)9(15)13-7-5-8(14)12-3/h4-7,11H2,1-3H3,(H,12,14)(H,13,15). The highest BCUT2D eigenvalue weighted by atomic mass is 16.2. The lowest BCUT2D eigenvalue weighted by atomic mass is 9.96. The van der Waals surface area contributed by atoms with E-state index >= 15 is 0 Å². The van der Waals surface area contributed by atoms with Gasteiger partial charge in [0.05, 0.1) is 5.54 Å². The number of hydrogen-bond donors (Lipinski definition) is 3. The van der Waals surface area contributed by atoms with E-state index in [1.165, 1.54) is 0 Å². The Morgan fingerprint density at radius 2 is 2.00 bits per heavy atom. The zero-order chi connectivity index (χ0) is 11.9. The molecule has 0 aliphatic carbocycles. The van der Waals surface area contributed by atoms with Crippen LogP contribution in [-0.4, -0.2) is 30.9 Å². The van der Waals surface area contributed by atoms with Gasteiger partial charge in [0, 0.05) is 20.0 Å². The molecule has 15 heavy (non-hydrogen) atoms. The van der Waals surface area contributed by atoms with Crippen LogP contribution in [0.5, 0.6) is 0 Å². The first kappa shape index (κ1) is 13.9. The summed E-state index contributed by atoms with van der Waals surface area (Å²) in [6.07, 6.45) is 1.78. The third-order valence-corrected chi connectivity index (χ3v) is 2.20. The molecule has 0 bridgehead atoms. The zero-order valence-corrected chi connectivity index (χ0v) is 9.72. The fourth-order valence-corrected chi connectivity index (χ4v) is 1.25. The average molecular weight is 215 g/mol. The Balaban J connectivity index is 3.88. The first-order valence-electron chi connectivity index (χ1n) is 5.21. The zero-order valence-electron chi connectivity index (χ0n) is 9.72. The minimum atomic E-state index is -0.836. The summed E-state index contributed by atoms with van der Waals surface area (Å²) in [5.41, 5.74) is 4.97. The van der Waals surface area contributed by atoms with Crippen molar-refractivity contribution in [3.05, 3.63) is 0 Å². The van der Waals surface area contributed by atoms with Gasteiger partial charge in [-0.15, -0.1) is 0 Å². The van der Waals surface area contributed by atoms with Gasteiger partial charge in [0.15, 0.2) is 0 Å². The largest absolute Gasteiger partial charge is 0.359 e. The van der Waals surface area contributed by atoms with Crippen LogP contribution in [0.3, 0.4) is 0 Å². The van der Waals surface area contributed by atoms with Gasteiger partial charge in [-0.05, 0) is 13.3 Å². The highest BCUT2D eigenvalue weighted by Crippen LogP contribution is 2.07. The molecule has 0 saturated heterocycles. The maximum absolute atomic E-state index is 11.6. The Morgan fingerprint density at radius 3 is 2.47 bits per heavy atom. The molecule has 1 atom stereocenters. The lowest BCUT2D eigenvalue weighted by Crippen LogP contribution is -2.51. The molecular formula is C10H21N3O2.